The highest BCUT2D eigenvalue weighted by Crippen LogP contribution is 2.25. The molecule has 5 nitrogen and oxygen atoms in total. The van der Waals surface area contributed by atoms with E-state index in [0.717, 1.165) is 22.0 Å². The molecule has 0 aliphatic rings. The Hall–Kier alpha value is -2.47. The number of benzene rings is 1. The Labute approximate surface area is 133 Å². The Balaban J connectivity index is 2.03. The van der Waals surface area contributed by atoms with Gasteiger partial charge in [-0.1, -0.05) is 6.08 Å². The first-order chi connectivity index (χ1) is 10.6. The molecule has 0 aliphatic carbocycles. The monoisotopic (exact) mass is 315 g/mol. The number of nitrogens with one attached hydrogen (secondary N) is 2. The first kappa shape index (κ1) is 15.9. The SMILES string of the molecule is C=CCNC(=O)Cc1csc(-c2ccc(NC(C)=O)cc2)n1. The summed E-state index contributed by atoms with van der Waals surface area (Å²) in [4.78, 5) is 27.1. The molecule has 1 heterocycles. The van der Waals surface area contributed by atoms with Crippen molar-refractivity contribution in [3.05, 3.63) is 48.0 Å². The molecule has 1 aromatic heterocycles. The summed E-state index contributed by atoms with van der Waals surface area (Å²) in [6.07, 6.45) is 1.90. The summed E-state index contributed by atoms with van der Waals surface area (Å²) in [5, 5.41) is 8.17. The minimum absolute atomic E-state index is 0.0715. The van der Waals surface area contributed by atoms with Crippen molar-refractivity contribution in [2.45, 2.75) is 13.3 Å². The fraction of sp³-hybridized carbons (Fsp3) is 0.188. The van der Waals surface area contributed by atoms with Crippen LogP contribution in [0.1, 0.15) is 12.6 Å². The molecule has 2 rings (SSSR count). The van der Waals surface area contributed by atoms with Gasteiger partial charge in [0.05, 0.1) is 12.1 Å². The molecular formula is C16H17N3O2S. The van der Waals surface area contributed by atoms with Crippen LogP contribution in [0, 0.1) is 0 Å². The molecule has 0 aliphatic heterocycles. The number of hydrogen-bond donors (Lipinski definition) is 2. The molecule has 0 saturated carbocycles. The van der Waals surface area contributed by atoms with Crippen molar-refractivity contribution in [3.63, 3.8) is 0 Å². The van der Waals surface area contributed by atoms with Gasteiger partial charge >= 0.3 is 0 Å². The number of rotatable bonds is 6. The first-order valence-electron chi connectivity index (χ1n) is 6.78. The third-order valence-corrected chi connectivity index (χ3v) is 3.73. The van der Waals surface area contributed by atoms with Gasteiger partial charge in [-0.2, -0.15) is 0 Å². The number of thiazole rings is 1. The fourth-order valence-corrected chi connectivity index (χ4v) is 2.66. The van der Waals surface area contributed by atoms with Crippen molar-refractivity contribution in [2.24, 2.45) is 0 Å². The maximum Gasteiger partial charge on any atom is 0.226 e. The van der Waals surface area contributed by atoms with E-state index in [1.54, 1.807) is 6.08 Å². The van der Waals surface area contributed by atoms with Crippen LogP contribution in [0.5, 0.6) is 0 Å². The Morgan fingerprint density at radius 1 is 1.32 bits per heavy atom. The maximum absolute atomic E-state index is 11.6. The summed E-state index contributed by atoms with van der Waals surface area (Å²) >= 11 is 1.49. The summed E-state index contributed by atoms with van der Waals surface area (Å²) in [6.45, 7) is 5.48. The second-order valence-electron chi connectivity index (χ2n) is 4.67. The van der Waals surface area contributed by atoms with Crippen LogP contribution >= 0.6 is 11.3 Å². The zero-order valence-corrected chi connectivity index (χ0v) is 13.1. The smallest absolute Gasteiger partial charge is 0.226 e. The topological polar surface area (TPSA) is 71.1 Å². The summed E-state index contributed by atoms with van der Waals surface area (Å²) in [6, 6.07) is 7.44. The summed E-state index contributed by atoms with van der Waals surface area (Å²) < 4.78 is 0. The van der Waals surface area contributed by atoms with E-state index < -0.39 is 0 Å². The van der Waals surface area contributed by atoms with Gasteiger partial charge < -0.3 is 10.6 Å². The van der Waals surface area contributed by atoms with Crippen LogP contribution < -0.4 is 10.6 Å². The van der Waals surface area contributed by atoms with Crippen molar-refractivity contribution in [1.29, 1.82) is 0 Å². The number of hydrogen-bond acceptors (Lipinski definition) is 4. The molecule has 0 spiro atoms. The Morgan fingerprint density at radius 2 is 2.05 bits per heavy atom. The van der Waals surface area contributed by atoms with E-state index in [0.29, 0.717) is 6.54 Å². The predicted octanol–water partition coefficient (Wildman–Crippen LogP) is 2.61. The minimum atomic E-state index is -0.102. The quantitative estimate of drug-likeness (QED) is 0.805. The highest BCUT2D eigenvalue weighted by atomic mass is 32.1. The highest BCUT2D eigenvalue weighted by Gasteiger charge is 2.08. The van der Waals surface area contributed by atoms with Crippen molar-refractivity contribution < 1.29 is 9.59 Å². The third-order valence-electron chi connectivity index (χ3n) is 2.79. The van der Waals surface area contributed by atoms with Gasteiger partial charge in [-0.05, 0) is 24.3 Å². The third kappa shape index (κ3) is 4.53. The van der Waals surface area contributed by atoms with E-state index >= 15 is 0 Å². The number of amides is 2. The minimum Gasteiger partial charge on any atom is -0.352 e. The van der Waals surface area contributed by atoms with Crippen molar-refractivity contribution in [2.75, 3.05) is 11.9 Å². The normalized spacial score (nSPS) is 10.0. The number of aromatic nitrogens is 1. The molecule has 1 aromatic carbocycles. The fourth-order valence-electron chi connectivity index (χ4n) is 1.83. The zero-order chi connectivity index (χ0) is 15.9. The molecule has 2 aromatic rings. The van der Waals surface area contributed by atoms with Crippen LogP contribution in [0.2, 0.25) is 0 Å². The molecule has 2 N–H and O–H groups in total. The number of anilines is 1. The van der Waals surface area contributed by atoms with E-state index in [1.807, 2.05) is 29.6 Å². The standard InChI is InChI=1S/C16H17N3O2S/c1-3-8-17-15(21)9-14-10-22-16(19-14)12-4-6-13(7-5-12)18-11(2)20/h3-7,10H,1,8-9H2,2H3,(H,17,21)(H,18,20). The molecule has 6 heteroatoms. The molecular weight excluding hydrogens is 298 g/mol. The molecule has 0 radical (unpaired) electrons. The first-order valence-corrected chi connectivity index (χ1v) is 7.66. The van der Waals surface area contributed by atoms with Gasteiger partial charge in [0.25, 0.3) is 0 Å². The Kier molecular flexibility index (Phi) is 5.43. The number of carbonyl (C=O) groups is 2. The predicted molar refractivity (Wildman–Crippen MR) is 88.8 cm³/mol. The van der Waals surface area contributed by atoms with Gasteiger partial charge in [0, 0.05) is 30.1 Å². The lowest BCUT2D eigenvalue weighted by atomic mass is 10.2. The molecule has 0 bridgehead atoms. The van der Waals surface area contributed by atoms with Gasteiger partial charge in [-0.3, -0.25) is 9.59 Å². The van der Waals surface area contributed by atoms with Crippen molar-refractivity contribution >= 4 is 28.8 Å². The lowest BCUT2D eigenvalue weighted by Gasteiger charge is -2.02. The maximum atomic E-state index is 11.6. The molecule has 0 saturated heterocycles. The van der Waals surface area contributed by atoms with Crippen molar-refractivity contribution in [3.8, 4) is 10.6 Å². The highest BCUT2D eigenvalue weighted by molar-refractivity contribution is 7.13. The Bertz CT molecular complexity index is 677. The average molecular weight is 315 g/mol. The molecule has 0 atom stereocenters. The lowest BCUT2D eigenvalue weighted by Crippen LogP contribution is -2.25. The van der Waals surface area contributed by atoms with E-state index in [-0.39, 0.29) is 18.2 Å². The number of carbonyl (C=O) groups excluding carboxylic acids is 2. The zero-order valence-electron chi connectivity index (χ0n) is 12.3. The van der Waals surface area contributed by atoms with Gasteiger partial charge in [-0.15, -0.1) is 17.9 Å². The lowest BCUT2D eigenvalue weighted by molar-refractivity contribution is -0.120. The van der Waals surface area contributed by atoms with Crippen LogP contribution in [0.15, 0.2) is 42.3 Å². The van der Waals surface area contributed by atoms with Crippen LogP contribution in [-0.2, 0) is 16.0 Å². The van der Waals surface area contributed by atoms with Crippen LogP contribution in [0.4, 0.5) is 5.69 Å². The summed E-state index contributed by atoms with van der Waals surface area (Å²) in [5.74, 6) is -0.174. The van der Waals surface area contributed by atoms with Crippen LogP contribution in [0.3, 0.4) is 0 Å². The molecule has 0 fully saturated rings. The largest absolute Gasteiger partial charge is 0.352 e. The van der Waals surface area contributed by atoms with Crippen LogP contribution in [-0.4, -0.2) is 23.3 Å². The molecule has 114 valence electrons. The summed E-state index contributed by atoms with van der Waals surface area (Å²) in [5.41, 5.74) is 2.45. The van der Waals surface area contributed by atoms with Gasteiger partial charge in [0.1, 0.15) is 5.01 Å². The summed E-state index contributed by atoms with van der Waals surface area (Å²) in [7, 11) is 0. The average Bonchev–Trinajstić information content (AvgIpc) is 2.93. The number of nitrogens with zero attached hydrogens (tertiary/aromatic N) is 1. The van der Waals surface area contributed by atoms with Crippen LogP contribution in [0.25, 0.3) is 10.6 Å². The molecule has 2 amide bonds. The van der Waals surface area contributed by atoms with Crippen molar-refractivity contribution in [1.82, 2.24) is 10.3 Å². The Morgan fingerprint density at radius 3 is 2.68 bits per heavy atom. The molecule has 22 heavy (non-hydrogen) atoms. The second-order valence-corrected chi connectivity index (χ2v) is 5.53. The van der Waals surface area contributed by atoms with E-state index in [9.17, 15) is 9.59 Å². The van der Waals surface area contributed by atoms with E-state index in [1.165, 1.54) is 18.3 Å². The van der Waals surface area contributed by atoms with Gasteiger partial charge in [0.2, 0.25) is 11.8 Å². The second kappa shape index (κ2) is 7.51. The van der Waals surface area contributed by atoms with Gasteiger partial charge in [-0.25, -0.2) is 4.98 Å². The van der Waals surface area contributed by atoms with Gasteiger partial charge in [0.15, 0.2) is 0 Å². The molecule has 0 unspecified atom stereocenters. The van der Waals surface area contributed by atoms with E-state index in [2.05, 4.69) is 22.2 Å². The van der Waals surface area contributed by atoms with E-state index in [4.69, 9.17) is 0 Å².